The Bertz CT molecular complexity index is 2060. The Labute approximate surface area is 434 Å². The number of ether oxygens (including phenoxy) is 2. The van der Waals surface area contributed by atoms with Gasteiger partial charge in [-0.15, -0.1) is 0 Å². The number of pyridine rings is 1. The molecule has 2 atom stereocenters. The van der Waals surface area contributed by atoms with Crippen molar-refractivity contribution < 1.29 is 37.2 Å². The van der Waals surface area contributed by atoms with E-state index >= 15 is 0 Å². The van der Waals surface area contributed by atoms with Crippen molar-refractivity contribution in [3.63, 3.8) is 0 Å². The van der Waals surface area contributed by atoms with E-state index < -0.39 is 32.5 Å². The molecule has 0 saturated carbocycles. The number of allylic oxidation sites excluding steroid dienone is 4. The molecule has 404 valence electrons. The highest BCUT2D eigenvalue weighted by Crippen LogP contribution is 2.49. The summed E-state index contributed by atoms with van der Waals surface area (Å²) in [6, 6.07) is 7.71. The van der Waals surface area contributed by atoms with Gasteiger partial charge in [-0.2, -0.15) is 0 Å². The van der Waals surface area contributed by atoms with Gasteiger partial charge >= 0.3 is 19.8 Å². The first-order valence-corrected chi connectivity index (χ1v) is 29.8. The zero-order chi connectivity index (χ0) is 51.8. The number of imidazole rings is 1. The molecule has 0 aliphatic rings. The largest absolute Gasteiger partial charge is 0.475 e. The van der Waals surface area contributed by atoms with E-state index in [1.54, 1.807) is 0 Å². The van der Waals surface area contributed by atoms with Crippen molar-refractivity contribution in [3.8, 4) is 0 Å². The Morgan fingerprint density at radius 2 is 1.17 bits per heavy atom. The highest BCUT2D eigenvalue weighted by atomic mass is 31.2. The van der Waals surface area contributed by atoms with Gasteiger partial charge in [0.05, 0.1) is 24.2 Å². The molecule has 2 aromatic heterocycles. The van der Waals surface area contributed by atoms with Gasteiger partial charge < -0.3 is 24.6 Å². The van der Waals surface area contributed by atoms with Gasteiger partial charge in [0.1, 0.15) is 24.6 Å². The number of anilines is 1. The number of para-hydroxylation sites is 1. The molecule has 2 N–H and O–H groups in total. The number of nitrogen functional groups attached to an aromatic ring is 1. The first-order chi connectivity index (χ1) is 35.2. The van der Waals surface area contributed by atoms with Crippen LogP contribution in [-0.2, 0) is 50.2 Å². The average molecular weight is 1020 g/mol. The number of benzene rings is 1. The van der Waals surface area contributed by atoms with Gasteiger partial charge in [-0.1, -0.05) is 172 Å². The number of rotatable bonds is 46. The van der Waals surface area contributed by atoms with Crippen molar-refractivity contribution in [3.05, 3.63) is 65.8 Å². The first-order valence-electron chi connectivity index (χ1n) is 28.3. The van der Waals surface area contributed by atoms with Gasteiger partial charge in [-0.3, -0.25) is 23.2 Å². The number of hydrogen-bond acceptors (Lipinski definition) is 11. The lowest BCUT2D eigenvalue weighted by Gasteiger charge is -2.22. The number of phosphoric acid groups is 1. The molecular weight excluding hydrogens is 926 g/mol. The van der Waals surface area contributed by atoms with Crippen molar-refractivity contribution in [2.75, 3.05) is 38.7 Å². The monoisotopic (exact) mass is 1020 g/mol. The van der Waals surface area contributed by atoms with Gasteiger partial charge in [0.15, 0.2) is 11.9 Å². The Morgan fingerprint density at radius 3 is 1.74 bits per heavy atom. The molecule has 0 amide bonds. The molecule has 1 unspecified atom stereocenters. The second-order valence-corrected chi connectivity index (χ2v) is 20.9. The fourth-order valence-corrected chi connectivity index (χ4v) is 9.88. The van der Waals surface area contributed by atoms with E-state index in [-0.39, 0.29) is 45.8 Å². The fraction of sp³-hybridized carbons (Fsp3) is 0.707. The number of unbranched alkanes of at least 4 members (excludes halogenated alkanes) is 23. The van der Waals surface area contributed by atoms with E-state index in [0.717, 1.165) is 106 Å². The predicted octanol–water partition coefficient (Wildman–Crippen LogP) is 16.1. The zero-order valence-corrected chi connectivity index (χ0v) is 45.8. The lowest BCUT2D eigenvalue weighted by molar-refractivity contribution is -0.161. The second-order valence-electron chi connectivity index (χ2n) is 19.2. The van der Waals surface area contributed by atoms with Gasteiger partial charge in [0.2, 0.25) is 6.54 Å². The lowest BCUT2D eigenvalue weighted by atomic mass is 10.1. The molecule has 72 heavy (non-hydrogen) atoms. The molecule has 0 saturated heterocycles. The third-order valence-corrected chi connectivity index (χ3v) is 14.4. The van der Waals surface area contributed by atoms with Gasteiger partial charge in [0, 0.05) is 31.2 Å². The number of nitrogens with zero attached hydrogens (tertiary/aromatic N) is 4. The number of aryl methyl sites for hydroxylation is 1. The van der Waals surface area contributed by atoms with Crippen LogP contribution >= 0.6 is 7.82 Å². The quantitative estimate of drug-likeness (QED) is 0.0189. The first kappa shape index (κ1) is 62.2. The van der Waals surface area contributed by atoms with Crippen molar-refractivity contribution in [2.45, 2.75) is 232 Å². The van der Waals surface area contributed by atoms with Gasteiger partial charge in [0.25, 0.3) is 0 Å². The van der Waals surface area contributed by atoms with Crippen LogP contribution in [0.1, 0.15) is 219 Å². The predicted molar refractivity (Wildman–Crippen MR) is 295 cm³/mol. The molecule has 0 aliphatic heterocycles. The average Bonchev–Trinajstić information content (AvgIpc) is 3.75. The summed E-state index contributed by atoms with van der Waals surface area (Å²) >= 11 is 0. The van der Waals surface area contributed by atoms with Crippen LogP contribution < -0.4 is 5.73 Å². The van der Waals surface area contributed by atoms with E-state index in [9.17, 15) is 14.2 Å². The minimum Gasteiger partial charge on any atom is -0.462 e. The summed E-state index contributed by atoms with van der Waals surface area (Å²) in [5.41, 5.74) is 8.53. The Kier molecular flexibility index (Phi) is 34.8. The minimum atomic E-state index is -4.32. The van der Waals surface area contributed by atoms with E-state index in [0.29, 0.717) is 30.6 Å². The molecule has 1 aromatic carbocycles. The lowest BCUT2D eigenvalue weighted by Crippen LogP contribution is -2.30. The third kappa shape index (κ3) is 27.3. The third-order valence-electron chi connectivity index (χ3n) is 12.9. The van der Waals surface area contributed by atoms with E-state index in [1.165, 1.54) is 83.5 Å². The number of phosphoric ester groups is 1. The molecule has 0 spiro atoms. The normalized spacial score (nSPS) is 13.1. The van der Waals surface area contributed by atoms with Crippen LogP contribution in [0.2, 0.25) is 0 Å². The van der Waals surface area contributed by atoms with Crippen molar-refractivity contribution >= 4 is 47.5 Å². The molecule has 0 aliphatic carbocycles. The van der Waals surface area contributed by atoms with E-state index in [2.05, 4.69) is 54.9 Å². The summed E-state index contributed by atoms with van der Waals surface area (Å²) in [7, 11) is -4.32. The maximum Gasteiger partial charge on any atom is 0.475 e. The van der Waals surface area contributed by atoms with Crippen LogP contribution in [0, 0.1) is 6.57 Å². The summed E-state index contributed by atoms with van der Waals surface area (Å²) in [5.74, 6) is 0.274. The van der Waals surface area contributed by atoms with Crippen LogP contribution in [-0.4, -0.2) is 65.5 Å². The SMILES string of the molecule is [C-]#[N+]CCOP(=O)(OCCn1c(CCCC)nc2c(N)nc3ccccc3c21)OC[C@@H](COC(=O)CCCCCCC/C=C/CCCCCCCC)OC(=O)CCCCCCC/C=C/CCCCCCCC. The molecule has 3 rings (SSSR count). The molecule has 0 bridgehead atoms. The number of fused-ring (bicyclic) bond motifs is 3. The van der Waals surface area contributed by atoms with Crippen LogP contribution in [0.4, 0.5) is 5.82 Å². The summed E-state index contributed by atoms with van der Waals surface area (Å²) in [6.07, 6.45) is 41.2. The van der Waals surface area contributed by atoms with Crippen molar-refractivity contribution in [1.82, 2.24) is 14.5 Å². The molecule has 0 radical (unpaired) electrons. The van der Waals surface area contributed by atoms with Crippen LogP contribution in [0.15, 0.2) is 48.6 Å². The molecule has 2 heterocycles. The van der Waals surface area contributed by atoms with Crippen LogP contribution in [0.25, 0.3) is 26.8 Å². The topological polar surface area (TPSA) is 158 Å². The maximum atomic E-state index is 14.2. The summed E-state index contributed by atoms with van der Waals surface area (Å²) < 4.78 is 45.1. The number of esters is 2. The van der Waals surface area contributed by atoms with E-state index in [4.69, 9.17) is 40.3 Å². The Balaban J connectivity index is 1.55. The molecule has 0 fully saturated rings. The van der Waals surface area contributed by atoms with E-state index in [1.807, 2.05) is 28.8 Å². The van der Waals surface area contributed by atoms with Gasteiger partial charge in [-0.05, 0) is 76.7 Å². The van der Waals surface area contributed by atoms with Crippen molar-refractivity contribution in [2.24, 2.45) is 0 Å². The maximum absolute atomic E-state index is 14.2. The number of carbonyl (C=O) groups excluding carboxylic acids is 2. The Hall–Kier alpha value is -4.08. The fourth-order valence-electron chi connectivity index (χ4n) is 8.70. The van der Waals surface area contributed by atoms with Gasteiger partial charge in [-0.25, -0.2) is 21.1 Å². The van der Waals surface area contributed by atoms with Crippen LogP contribution in [0.3, 0.4) is 0 Å². The highest BCUT2D eigenvalue weighted by molar-refractivity contribution is 7.48. The number of nitrogens with two attached hydrogens (primary N) is 1. The standard InChI is InChI=1S/C58H94N5O8P/c1-5-8-11-13-15-17-19-21-23-25-27-29-31-33-35-42-54(64)67-48-50(71-55(65)43-36-34-32-30-28-26-24-22-20-18-16-14-12-9-6-2)49-70-72(66,68-46-44-60-4)69-47-45-63-53(41-10-7-3)62-56-57(63)51-39-37-38-40-52(51)61-58(56)59/h21-24,37-40,50H,5-20,25-36,41-49H2,1-3H3,(H2,59,61)/b23-21+,24-22+/t50-,72?/m1/s1. The van der Waals surface area contributed by atoms with Crippen LogP contribution in [0.5, 0.6) is 0 Å². The number of hydrogen-bond donors (Lipinski definition) is 1. The summed E-state index contributed by atoms with van der Waals surface area (Å²) in [4.78, 5) is 38.9. The molecule has 3 aromatic rings. The summed E-state index contributed by atoms with van der Waals surface area (Å²) in [5, 5.41) is 0.878. The second kappa shape index (κ2) is 40.3. The number of carbonyl (C=O) groups is 2. The highest BCUT2D eigenvalue weighted by Gasteiger charge is 2.31. The Morgan fingerprint density at radius 1 is 0.653 bits per heavy atom. The summed E-state index contributed by atoms with van der Waals surface area (Å²) in [6.45, 7) is 13.1. The molecule has 14 heteroatoms. The number of aromatic nitrogens is 3. The molecule has 13 nitrogen and oxygen atoms in total. The smallest absolute Gasteiger partial charge is 0.462 e. The zero-order valence-electron chi connectivity index (χ0n) is 44.9. The minimum absolute atomic E-state index is 0.0648. The van der Waals surface area contributed by atoms with Crippen molar-refractivity contribution in [1.29, 1.82) is 0 Å². The molecular formula is C58H94N5O8P.